The molecule has 108 valence electrons. The van der Waals surface area contributed by atoms with Gasteiger partial charge in [0.1, 0.15) is 0 Å². The number of amides is 1. The van der Waals surface area contributed by atoms with Crippen LogP contribution in [0.1, 0.15) is 17.0 Å². The van der Waals surface area contributed by atoms with Gasteiger partial charge in [-0.1, -0.05) is 12.1 Å². The molecule has 1 unspecified atom stereocenters. The first-order valence-electron chi connectivity index (χ1n) is 6.43. The second-order valence-electron chi connectivity index (χ2n) is 4.69. The summed E-state index contributed by atoms with van der Waals surface area (Å²) in [7, 11) is 0. The van der Waals surface area contributed by atoms with Crippen LogP contribution < -0.4 is 5.01 Å². The summed E-state index contributed by atoms with van der Waals surface area (Å²) in [4.78, 5) is 20.8. The molecule has 1 amide bonds. The number of hydrazine groups is 1. The second-order valence-corrected chi connectivity index (χ2v) is 5.08. The Morgan fingerprint density at radius 1 is 1.33 bits per heavy atom. The van der Waals surface area contributed by atoms with Crippen molar-refractivity contribution < 1.29 is 9.90 Å². The van der Waals surface area contributed by atoms with E-state index in [4.69, 9.17) is 16.9 Å². The van der Waals surface area contributed by atoms with Gasteiger partial charge in [0.25, 0.3) is 5.91 Å². The number of halogens is 1. The van der Waals surface area contributed by atoms with Gasteiger partial charge in [-0.05, 0) is 23.3 Å². The predicted octanol–water partition coefficient (Wildman–Crippen LogP) is 1.47. The molecule has 3 rings (SSSR count). The first-order chi connectivity index (χ1) is 10.2. The molecule has 1 aliphatic rings. The van der Waals surface area contributed by atoms with Crippen molar-refractivity contribution in [3.63, 3.8) is 0 Å². The summed E-state index contributed by atoms with van der Waals surface area (Å²) in [6, 6.07) is 7.01. The average molecular weight is 305 g/mol. The fourth-order valence-electron chi connectivity index (χ4n) is 2.25. The Kier molecular flexibility index (Phi) is 3.83. The van der Waals surface area contributed by atoms with Crippen molar-refractivity contribution in [2.75, 3.05) is 11.6 Å². The van der Waals surface area contributed by atoms with Crippen molar-refractivity contribution in [1.29, 1.82) is 0 Å². The highest BCUT2D eigenvalue weighted by molar-refractivity contribution is 6.18. The van der Waals surface area contributed by atoms with Crippen molar-refractivity contribution in [1.82, 2.24) is 14.5 Å². The van der Waals surface area contributed by atoms with Gasteiger partial charge in [-0.3, -0.25) is 9.78 Å². The maximum atomic E-state index is 12.6. The number of anilines is 1. The van der Waals surface area contributed by atoms with Crippen LogP contribution in [0.5, 0.6) is 0 Å². The monoisotopic (exact) mass is 304 g/mol. The first-order valence-corrected chi connectivity index (χ1v) is 6.77. The molecule has 0 saturated carbocycles. The number of hydrogen-bond donors (Lipinski definition) is 1. The van der Waals surface area contributed by atoms with Gasteiger partial charge < -0.3 is 5.11 Å². The minimum absolute atomic E-state index is 0.0931. The van der Waals surface area contributed by atoms with E-state index in [0.29, 0.717) is 17.9 Å². The highest BCUT2D eigenvalue weighted by atomic mass is 35.5. The SMILES string of the molecule is O=C1C(c2cccnc2)CN(Cl)N1c1ccc(CO)cn1. The van der Waals surface area contributed by atoms with E-state index in [1.165, 1.54) is 15.7 Å². The summed E-state index contributed by atoms with van der Waals surface area (Å²) in [5, 5.41) is 10.4. The van der Waals surface area contributed by atoms with Gasteiger partial charge in [-0.2, -0.15) is 0 Å². The van der Waals surface area contributed by atoms with Crippen molar-refractivity contribution in [3.05, 3.63) is 54.0 Å². The normalized spacial score (nSPS) is 19.2. The molecule has 2 aromatic heterocycles. The molecule has 21 heavy (non-hydrogen) atoms. The first kappa shape index (κ1) is 13.9. The van der Waals surface area contributed by atoms with Crippen LogP contribution in [0.25, 0.3) is 0 Å². The van der Waals surface area contributed by atoms with Crippen LogP contribution in [0.3, 0.4) is 0 Å². The third-order valence-corrected chi connectivity index (χ3v) is 3.64. The van der Waals surface area contributed by atoms with Crippen LogP contribution in [0.2, 0.25) is 0 Å². The van der Waals surface area contributed by atoms with E-state index in [-0.39, 0.29) is 18.4 Å². The van der Waals surface area contributed by atoms with Gasteiger partial charge in [0.05, 0.1) is 19.1 Å². The number of aromatic nitrogens is 2. The maximum absolute atomic E-state index is 12.6. The van der Waals surface area contributed by atoms with Crippen molar-refractivity contribution >= 4 is 23.5 Å². The smallest absolute Gasteiger partial charge is 0.252 e. The van der Waals surface area contributed by atoms with Crippen LogP contribution in [-0.2, 0) is 11.4 Å². The summed E-state index contributed by atoms with van der Waals surface area (Å²) in [6.45, 7) is 0.264. The Labute approximate surface area is 126 Å². The molecular weight excluding hydrogens is 292 g/mol. The molecule has 1 aliphatic heterocycles. The lowest BCUT2D eigenvalue weighted by Crippen LogP contribution is -2.33. The number of rotatable bonds is 3. The van der Waals surface area contributed by atoms with Gasteiger partial charge in [0.2, 0.25) is 0 Å². The summed E-state index contributed by atoms with van der Waals surface area (Å²) in [6.07, 6.45) is 4.85. The number of pyridine rings is 2. The van der Waals surface area contributed by atoms with Crippen LogP contribution in [-0.4, -0.2) is 32.1 Å². The summed E-state index contributed by atoms with van der Waals surface area (Å²) < 4.78 is 1.32. The van der Waals surface area contributed by atoms with Crippen molar-refractivity contribution in [2.45, 2.75) is 12.5 Å². The lowest BCUT2D eigenvalue weighted by molar-refractivity contribution is -0.118. The molecule has 1 fully saturated rings. The molecule has 0 aromatic carbocycles. The topological polar surface area (TPSA) is 69.6 Å². The fraction of sp³-hybridized carbons (Fsp3) is 0.214. The Morgan fingerprint density at radius 2 is 2.19 bits per heavy atom. The third kappa shape index (κ3) is 2.61. The van der Waals surface area contributed by atoms with Crippen LogP contribution in [0, 0.1) is 0 Å². The standard InChI is InChI=1S/C14H13ClN4O2/c15-18-8-12(11-2-1-5-16-7-11)14(21)19(18)13-4-3-10(9-20)6-17-13/h1-7,12,20H,8-9H2. The minimum Gasteiger partial charge on any atom is -0.392 e. The van der Waals surface area contributed by atoms with Crippen LogP contribution >= 0.6 is 11.8 Å². The third-order valence-electron chi connectivity index (χ3n) is 3.35. The molecule has 1 atom stereocenters. The second kappa shape index (κ2) is 5.77. The lowest BCUT2D eigenvalue weighted by Gasteiger charge is -2.20. The zero-order chi connectivity index (χ0) is 14.8. The minimum atomic E-state index is -0.365. The molecule has 0 spiro atoms. The van der Waals surface area contributed by atoms with Crippen LogP contribution in [0.4, 0.5) is 5.82 Å². The zero-order valence-electron chi connectivity index (χ0n) is 11.1. The van der Waals surface area contributed by atoms with E-state index in [2.05, 4.69) is 9.97 Å². The highest BCUT2D eigenvalue weighted by Crippen LogP contribution is 2.31. The van der Waals surface area contributed by atoms with E-state index < -0.39 is 0 Å². The summed E-state index contributed by atoms with van der Waals surface area (Å²) in [5.41, 5.74) is 1.50. The van der Waals surface area contributed by atoms with Gasteiger partial charge in [0.15, 0.2) is 5.82 Å². The Morgan fingerprint density at radius 3 is 2.81 bits per heavy atom. The molecule has 0 bridgehead atoms. The molecule has 0 aliphatic carbocycles. The van der Waals surface area contributed by atoms with E-state index in [0.717, 1.165) is 5.56 Å². The number of carbonyl (C=O) groups excluding carboxylic acids is 1. The molecule has 1 saturated heterocycles. The van der Waals surface area contributed by atoms with Crippen LogP contribution in [0.15, 0.2) is 42.9 Å². The Hall–Kier alpha value is -2.02. The molecule has 6 nitrogen and oxygen atoms in total. The van der Waals surface area contributed by atoms with Gasteiger partial charge in [0, 0.05) is 30.4 Å². The predicted molar refractivity (Wildman–Crippen MR) is 77.2 cm³/mol. The zero-order valence-corrected chi connectivity index (χ0v) is 11.8. The molecule has 0 radical (unpaired) electrons. The lowest BCUT2D eigenvalue weighted by atomic mass is 10.0. The largest absolute Gasteiger partial charge is 0.392 e. The van der Waals surface area contributed by atoms with Gasteiger partial charge >= 0.3 is 0 Å². The number of aliphatic hydroxyl groups is 1. The molecule has 1 N–H and O–H groups in total. The van der Waals surface area contributed by atoms with E-state index >= 15 is 0 Å². The number of carbonyl (C=O) groups is 1. The molecule has 7 heteroatoms. The fourth-order valence-corrected chi connectivity index (χ4v) is 2.54. The van der Waals surface area contributed by atoms with Gasteiger partial charge in [-0.15, -0.1) is 4.53 Å². The number of nitrogens with zero attached hydrogens (tertiary/aromatic N) is 4. The van der Waals surface area contributed by atoms with E-state index in [1.54, 1.807) is 30.6 Å². The van der Waals surface area contributed by atoms with E-state index in [9.17, 15) is 4.79 Å². The van der Waals surface area contributed by atoms with Gasteiger partial charge in [-0.25, -0.2) is 9.99 Å². The summed E-state index contributed by atoms with van der Waals surface area (Å²) >= 11 is 6.15. The molecule has 3 heterocycles. The number of aliphatic hydroxyl groups excluding tert-OH is 1. The Bertz CT molecular complexity index is 635. The van der Waals surface area contributed by atoms with E-state index in [1.807, 2.05) is 6.07 Å². The summed E-state index contributed by atoms with van der Waals surface area (Å²) in [5.74, 6) is -0.0867. The molecule has 2 aromatic rings. The average Bonchev–Trinajstić information content (AvgIpc) is 2.83. The van der Waals surface area contributed by atoms with Crippen molar-refractivity contribution in [2.24, 2.45) is 0 Å². The highest BCUT2D eigenvalue weighted by Gasteiger charge is 2.40. The Balaban J connectivity index is 1.88. The molecular formula is C14H13ClN4O2. The van der Waals surface area contributed by atoms with Crippen molar-refractivity contribution in [3.8, 4) is 0 Å². The quantitative estimate of drug-likeness (QED) is 0.870. The number of hydrogen-bond acceptors (Lipinski definition) is 5. The maximum Gasteiger partial charge on any atom is 0.252 e.